The lowest BCUT2D eigenvalue weighted by molar-refractivity contribution is -0.129. The van der Waals surface area contributed by atoms with Gasteiger partial charge in [0.15, 0.2) is 0 Å². The number of amides is 1. The van der Waals surface area contributed by atoms with Gasteiger partial charge in [-0.2, -0.15) is 0 Å². The van der Waals surface area contributed by atoms with Gasteiger partial charge in [-0.25, -0.2) is 0 Å². The average molecular weight is 361 g/mol. The smallest absolute Gasteiger partial charge is 0.222 e. The zero-order valence-corrected chi connectivity index (χ0v) is 15.9. The van der Waals surface area contributed by atoms with Crippen LogP contribution in [-0.2, 0) is 4.79 Å². The number of carbonyl (C=O) groups excluding carboxylic acids is 1. The minimum atomic E-state index is -0.472. The van der Waals surface area contributed by atoms with E-state index in [9.17, 15) is 9.90 Å². The Balaban J connectivity index is 1.49. The number of hydrogen-bond acceptors (Lipinski definition) is 5. The fraction of sp³-hybridized carbons (Fsp3) is 0.650. The molecule has 0 radical (unpaired) electrons. The van der Waals surface area contributed by atoms with Gasteiger partial charge in [0.05, 0.1) is 17.9 Å². The van der Waals surface area contributed by atoms with Gasteiger partial charge in [0.2, 0.25) is 5.91 Å². The van der Waals surface area contributed by atoms with Crippen molar-refractivity contribution in [3.8, 4) is 5.75 Å². The number of nitrogens with zero attached hydrogens (tertiary/aromatic N) is 3. The molecule has 1 aromatic rings. The highest BCUT2D eigenvalue weighted by Gasteiger charge is 2.25. The Morgan fingerprint density at radius 3 is 2.46 bits per heavy atom. The molecule has 1 unspecified atom stereocenters. The number of anilines is 1. The molecular weight excluding hydrogens is 330 g/mol. The van der Waals surface area contributed by atoms with Crippen molar-refractivity contribution in [3.05, 3.63) is 24.3 Å². The van der Waals surface area contributed by atoms with Crippen molar-refractivity contribution in [2.45, 2.75) is 38.9 Å². The van der Waals surface area contributed by atoms with Crippen LogP contribution >= 0.6 is 0 Å². The first-order chi connectivity index (χ1) is 12.5. The Labute approximate surface area is 156 Å². The number of aliphatic hydroxyl groups excluding tert-OH is 1. The number of ether oxygens (including phenoxy) is 1. The zero-order chi connectivity index (χ0) is 18.5. The van der Waals surface area contributed by atoms with Crippen molar-refractivity contribution < 1.29 is 14.6 Å². The van der Waals surface area contributed by atoms with Gasteiger partial charge in [-0.3, -0.25) is 9.69 Å². The molecule has 2 aliphatic heterocycles. The summed E-state index contributed by atoms with van der Waals surface area (Å²) in [7, 11) is 0. The molecular formula is C20H31N3O3. The van der Waals surface area contributed by atoms with Gasteiger partial charge in [0.1, 0.15) is 5.75 Å². The number of benzene rings is 1. The summed E-state index contributed by atoms with van der Waals surface area (Å²) >= 11 is 0. The van der Waals surface area contributed by atoms with Crippen LogP contribution in [0, 0.1) is 0 Å². The first-order valence-corrected chi connectivity index (χ1v) is 9.72. The molecule has 2 heterocycles. The van der Waals surface area contributed by atoms with Crippen LogP contribution in [0.3, 0.4) is 0 Å². The maximum Gasteiger partial charge on any atom is 0.222 e. The molecule has 2 fully saturated rings. The number of hydrogen-bond donors (Lipinski definition) is 1. The maximum atomic E-state index is 11.7. The third-order valence-electron chi connectivity index (χ3n) is 5.01. The summed E-state index contributed by atoms with van der Waals surface area (Å²) in [6, 6.07) is 8.19. The summed E-state index contributed by atoms with van der Waals surface area (Å²) in [6.45, 7) is 9.59. The Hall–Kier alpha value is -1.79. The standard InChI is InChI=1S/C20H31N3O3/c1-16(2)26-19-7-4-3-6-18(19)22-12-10-21(11-13-22)14-17(24)15-23-9-5-8-20(23)25/h3-4,6-7,16-17,24H,5,8-15H2,1-2H3. The first-order valence-electron chi connectivity index (χ1n) is 9.72. The van der Waals surface area contributed by atoms with Gasteiger partial charge < -0.3 is 19.6 Å². The number of carbonyl (C=O) groups is 1. The van der Waals surface area contributed by atoms with Gasteiger partial charge in [0.25, 0.3) is 0 Å². The molecule has 6 nitrogen and oxygen atoms in total. The lowest BCUT2D eigenvalue weighted by Crippen LogP contribution is -2.50. The summed E-state index contributed by atoms with van der Waals surface area (Å²) in [5, 5.41) is 10.3. The molecule has 1 atom stereocenters. The van der Waals surface area contributed by atoms with E-state index in [2.05, 4.69) is 15.9 Å². The van der Waals surface area contributed by atoms with E-state index < -0.39 is 6.10 Å². The van der Waals surface area contributed by atoms with Crippen molar-refractivity contribution in [3.63, 3.8) is 0 Å². The van der Waals surface area contributed by atoms with E-state index in [1.807, 2.05) is 32.0 Å². The van der Waals surface area contributed by atoms with Crippen LogP contribution in [0.4, 0.5) is 5.69 Å². The highest BCUT2D eigenvalue weighted by Crippen LogP contribution is 2.29. The van der Waals surface area contributed by atoms with E-state index in [-0.39, 0.29) is 12.0 Å². The molecule has 2 aliphatic rings. The van der Waals surface area contributed by atoms with Crippen LogP contribution in [0.2, 0.25) is 0 Å². The lowest BCUT2D eigenvalue weighted by atomic mass is 10.2. The molecule has 1 aromatic carbocycles. The first kappa shape index (κ1) is 19.0. The van der Waals surface area contributed by atoms with Crippen LogP contribution in [0.5, 0.6) is 5.75 Å². The summed E-state index contributed by atoms with van der Waals surface area (Å²) in [5.74, 6) is 1.11. The minimum absolute atomic E-state index is 0.154. The quantitative estimate of drug-likeness (QED) is 0.799. The van der Waals surface area contributed by atoms with E-state index in [0.717, 1.165) is 50.6 Å². The van der Waals surface area contributed by atoms with Crippen LogP contribution in [0.15, 0.2) is 24.3 Å². The molecule has 144 valence electrons. The van der Waals surface area contributed by atoms with Gasteiger partial charge >= 0.3 is 0 Å². The van der Waals surface area contributed by atoms with Gasteiger partial charge in [-0.1, -0.05) is 12.1 Å². The van der Waals surface area contributed by atoms with Crippen molar-refractivity contribution in [1.29, 1.82) is 0 Å². The molecule has 1 amide bonds. The van der Waals surface area contributed by atoms with E-state index in [1.165, 1.54) is 0 Å². The van der Waals surface area contributed by atoms with E-state index in [0.29, 0.717) is 19.5 Å². The molecule has 3 rings (SSSR count). The number of rotatable bonds is 7. The lowest BCUT2D eigenvalue weighted by Gasteiger charge is -2.38. The molecule has 0 aromatic heterocycles. The Kier molecular flexibility index (Phi) is 6.38. The number of β-amino-alcohol motifs (C(OH)–C–C–N with tert-alkyl or cyclic N) is 1. The van der Waals surface area contributed by atoms with Gasteiger partial charge in [0, 0.05) is 52.2 Å². The molecule has 6 heteroatoms. The predicted octanol–water partition coefficient (Wildman–Crippen LogP) is 1.58. The zero-order valence-electron chi connectivity index (χ0n) is 15.9. The Morgan fingerprint density at radius 2 is 1.81 bits per heavy atom. The van der Waals surface area contributed by atoms with E-state index >= 15 is 0 Å². The number of para-hydroxylation sites is 2. The highest BCUT2D eigenvalue weighted by molar-refractivity contribution is 5.78. The van der Waals surface area contributed by atoms with E-state index in [4.69, 9.17) is 4.74 Å². The summed E-state index contributed by atoms with van der Waals surface area (Å²) in [6.07, 6.45) is 1.23. The minimum Gasteiger partial charge on any atom is -0.489 e. The molecule has 0 spiro atoms. The molecule has 2 saturated heterocycles. The maximum absolute atomic E-state index is 11.7. The van der Waals surface area contributed by atoms with Gasteiger partial charge in [-0.15, -0.1) is 0 Å². The van der Waals surface area contributed by atoms with Crippen LogP contribution in [0.1, 0.15) is 26.7 Å². The molecule has 0 aliphatic carbocycles. The number of aliphatic hydroxyl groups is 1. The highest BCUT2D eigenvalue weighted by atomic mass is 16.5. The summed E-state index contributed by atoms with van der Waals surface area (Å²) in [5.41, 5.74) is 1.14. The molecule has 0 saturated carbocycles. The SMILES string of the molecule is CC(C)Oc1ccccc1N1CCN(CC(O)CN2CCCC2=O)CC1. The second-order valence-corrected chi connectivity index (χ2v) is 7.52. The van der Waals surface area contributed by atoms with Crippen molar-refractivity contribution in [2.75, 3.05) is 50.7 Å². The summed E-state index contributed by atoms with van der Waals surface area (Å²) < 4.78 is 5.94. The summed E-state index contributed by atoms with van der Waals surface area (Å²) in [4.78, 5) is 18.1. The third-order valence-corrected chi connectivity index (χ3v) is 5.01. The number of piperazine rings is 1. The fourth-order valence-corrected chi connectivity index (χ4v) is 3.75. The van der Waals surface area contributed by atoms with Crippen LogP contribution in [-0.4, -0.2) is 78.8 Å². The topological polar surface area (TPSA) is 56.2 Å². The molecule has 0 bridgehead atoms. The normalized spacial score (nSPS) is 20.1. The Bertz CT molecular complexity index is 600. The fourth-order valence-electron chi connectivity index (χ4n) is 3.75. The largest absolute Gasteiger partial charge is 0.489 e. The van der Waals surface area contributed by atoms with E-state index in [1.54, 1.807) is 4.90 Å². The third kappa shape index (κ3) is 4.89. The van der Waals surface area contributed by atoms with Crippen LogP contribution < -0.4 is 9.64 Å². The second-order valence-electron chi connectivity index (χ2n) is 7.52. The predicted molar refractivity (Wildman–Crippen MR) is 103 cm³/mol. The van der Waals surface area contributed by atoms with Crippen molar-refractivity contribution in [2.24, 2.45) is 0 Å². The molecule has 1 N–H and O–H groups in total. The van der Waals surface area contributed by atoms with Crippen molar-refractivity contribution >= 4 is 11.6 Å². The second kappa shape index (κ2) is 8.73. The Morgan fingerprint density at radius 1 is 1.08 bits per heavy atom. The van der Waals surface area contributed by atoms with Gasteiger partial charge in [-0.05, 0) is 32.4 Å². The number of likely N-dealkylation sites (tertiary alicyclic amines) is 1. The average Bonchev–Trinajstić information content (AvgIpc) is 3.00. The monoisotopic (exact) mass is 361 g/mol. The van der Waals surface area contributed by atoms with Crippen LogP contribution in [0.25, 0.3) is 0 Å². The van der Waals surface area contributed by atoms with Crippen molar-refractivity contribution in [1.82, 2.24) is 9.80 Å². The molecule has 26 heavy (non-hydrogen) atoms.